The van der Waals surface area contributed by atoms with Crippen molar-refractivity contribution < 1.29 is 9.35 Å². The third kappa shape index (κ3) is 6.12. The maximum absolute atomic E-state index is 12.6. The SMILES string of the molecule is CC(C)(C)NC(CN1CC[S+]([O-])CC1)C(=O)C(C)(C)C. The van der Waals surface area contributed by atoms with E-state index in [1.54, 1.807) is 0 Å². The maximum atomic E-state index is 12.6. The average Bonchev–Trinajstić information content (AvgIpc) is 2.27. The average molecular weight is 302 g/mol. The molecule has 1 rings (SSSR count). The minimum absolute atomic E-state index is 0.0931. The van der Waals surface area contributed by atoms with Gasteiger partial charge in [0.05, 0.1) is 6.04 Å². The third-order valence-corrected chi connectivity index (χ3v) is 4.65. The fourth-order valence-electron chi connectivity index (χ4n) is 2.36. The molecule has 0 bridgehead atoms. The molecular formula is C15H30N2O2S. The Morgan fingerprint density at radius 2 is 1.70 bits per heavy atom. The van der Waals surface area contributed by atoms with Crippen molar-refractivity contribution in [1.82, 2.24) is 10.2 Å². The molecule has 0 aromatic rings. The summed E-state index contributed by atoms with van der Waals surface area (Å²) in [5.74, 6) is 1.71. The van der Waals surface area contributed by atoms with E-state index in [-0.39, 0.29) is 22.8 Å². The summed E-state index contributed by atoms with van der Waals surface area (Å²) in [5.41, 5.74) is -0.439. The second-order valence-corrected chi connectivity index (χ2v) is 9.41. The van der Waals surface area contributed by atoms with Crippen molar-refractivity contribution >= 4 is 17.0 Å². The molecule has 0 spiro atoms. The van der Waals surface area contributed by atoms with E-state index in [0.29, 0.717) is 6.54 Å². The standard InChI is InChI=1S/C15H30N2O2S/c1-14(2,3)13(18)12(16-15(4,5)6)11-17-7-9-20(19)10-8-17/h12,16H,7-11H2,1-6H3. The highest BCUT2D eigenvalue weighted by molar-refractivity contribution is 7.91. The molecule has 1 saturated heterocycles. The van der Waals surface area contributed by atoms with Gasteiger partial charge in [-0.2, -0.15) is 0 Å². The molecule has 0 amide bonds. The lowest BCUT2D eigenvalue weighted by atomic mass is 9.85. The first-order valence-electron chi connectivity index (χ1n) is 7.38. The van der Waals surface area contributed by atoms with Gasteiger partial charge in [0.25, 0.3) is 0 Å². The smallest absolute Gasteiger partial charge is 0.156 e. The van der Waals surface area contributed by atoms with Crippen molar-refractivity contribution in [3.05, 3.63) is 0 Å². The van der Waals surface area contributed by atoms with Gasteiger partial charge in [0.2, 0.25) is 0 Å². The van der Waals surface area contributed by atoms with E-state index < -0.39 is 11.2 Å². The summed E-state index contributed by atoms with van der Waals surface area (Å²) in [5, 5.41) is 3.45. The number of hydrogen-bond acceptors (Lipinski definition) is 4. The molecule has 4 nitrogen and oxygen atoms in total. The largest absolute Gasteiger partial charge is 0.616 e. The van der Waals surface area contributed by atoms with Crippen LogP contribution in [0.4, 0.5) is 0 Å². The molecule has 1 aliphatic heterocycles. The molecule has 1 fully saturated rings. The number of ketones is 1. The zero-order chi connectivity index (χ0) is 15.6. The number of carbonyl (C=O) groups is 1. The van der Waals surface area contributed by atoms with Crippen molar-refractivity contribution in [2.75, 3.05) is 31.1 Å². The Morgan fingerprint density at radius 3 is 2.10 bits per heavy atom. The van der Waals surface area contributed by atoms with Gasteiger partial charge in [0.15, 0.2) is 5.78 Å². The Labute approximate surface area is 126 Å². The Hall–Kier alpha value is -0.100. The van der Waals surface area contributed by atoms with Crippen LogP contribution in [-0.4, -0.2) is 58.0 Å². The van der Waals surface area contributed by atoms with Crippen LogP contribution in [0, 0.1) is 5.41 Å². The molecule has 0 radical (unpaired) electrons. The lowest BCUT2D eigenvalue weighted by molar-refractivity contribution is -0.129. The number of rotatable bonds is 4. The molecular weight excluding hydrogens is 272 g/mol. The molecule has 0 saturated carbocycles. The Kier molecular flexibility index (Phi) is 6.08. The Morgan fingerprint density at radius 1 is 1.20 bits per heavy atom. The van der Waals surface area contributed by atoms with Crippen LogP contribution >= 0.6 is 0 Å². The van der Waals surface area contributed by atoms with Crippen LogP contribution < -0.4 is 5.32 Å². The number of nitrogens with one attached hydrogen (secondary N) is 1. The summed E-state index contributed by atoms with van der Waals surface area (Å²) in [4.78, 5) is 14.9. The molecule has 1 heterocycles. The molecule has 1 unspecified atom stereocenters. The number of Topliss-reactive ketones (excluding diaryl/α,β-unsaturated/α-hetero) is 1. The molecule has 1 N–H and O–H groups in total. The highest BCUT2D eigenvalue weighted by Crippen LogP contribution is 2.19. The second kappa shape index (κ2) is 6.77. The van der Waals surface area contributed by atoms with E-state index in [1.807, 2.05) is 20.8 Å². The Balaban J connectivity index is 2.70. The minimum atomic E-state index is -0.670. The molecule has 0 aromatic heterocycles. The highest BCUT2D eigenvalue weighted by Gasteiger charge is 2.34. The summed E-state index contributed by atoms with van der Waals surface area (Å²) < 4.78 is 11.4. The fourth-order valence-corrected chi connectivity index (χ4v) is 3.48. The first-order valence-corrected chi connectivity index (χ1v) is 8.87. The van der Waals surface area contributed by atoms with Crippen molar-refractivity contribution in [2.45, 2.75) is 53.1 Å². The molecule has 0 aromatic carbocycles. The minimum Gasteiger partial charge on any atom is -0.616 e. The van der Waals surface area contributed by atoms with Gasteiger partial charge in [-0.3, -0.25) is 9.69 Å². The van der Waals surface area contributed by atoms with Gasteiger partial charge in [0.1, 0.15) is 11.5 Å². The van der Waals surface area contributed by atoms with Crippen molar-refractivity contribution in [3.63, 3.8) is 0 Å². The van der Waals surface area contributed by atoms with Crippen LogP contribution in [0.3, 0.4) is 0 Å². The van der Waals surface area contributed by atoms with E-state index in [9.17, 15) is 9.35 Å². The van der Waals surface area contributed by atoms with E-state index in [4.69, 9.17) is 0 Å². The zero-order valence-corrected chi connectivity index (χ0v) is 14.6. The second-order valence-electron chi connectivity index (χ2n) is 7.71. The van der Waals surface area contributed by atoms with Crippen molar-refractivity contribution in [2.24, 2.45) is 5.41 Å². The fraction of sp³-hybridized carbons (Fsp3) is 0.933. The van der Waals surface area contributed by atoms with Gasteiger partial charge in [-0.05, 0) is 20.8 Å². The lowest BCUT2D eigenvalue weighted by Gasteiger charge is -2.36. The summed E-state index contributed by atoms with van der Waals surface area (Å²) in [6.45, 7) is 14.5. The predicted octanol–water partition coefficient (Wildman–Crippen LogP) is 1.42. The van der Waals surface area contributed by atoms with Gasteiger partial charge < -0.3 is 9.87 Å². The van der Waals surface area contributed by atoms with Gasteiger partial charge in [-0.15, -0.1) is 0 Å². The number of nitrogens with zero attached hydrogens (tertiary/aromatic N) is 1. The first kappa shape index (κ1) is 18.0. The normalized spacial score (nSPS) is 20.9. The van der Waals surface area contributed by atoms with E-state index in [0.717, 1.165) is 24.6 Å². The van der Waals surface area contributed by atoms with E-state index >= 15 is 0 Å². The molecule has 1 aliphatic rings. The maximum Gasteiger partial charge on any atom is 0.156 e. The first-order chi connectivity index (χ1) is 8.99. The number of carbonyl (C=O) groups excluding carboxylic acids is 1. The summed E-state index contributed by atoms with van der Waals surface area (Å²) >= 11 is -0.670. The predicted molar refractivity (Wildman–Crippen MR) is 85.5 cm³/mol. The topological polar surface area (TPSA) is 55.4 Å². The van der Waals surface area contributed by atoms with Crippen LogP contribution in [0.15, 0.2) is 0 Å². The van der Waals surface area contributed by atoms with E-state index in [1.165, 1.54) is 0 Å². The summed E-state index contributed by atoms with van der Waals surface area (Å²) in [6.07, 6.45) is 0. The summed E-state index contributed by atoms with van der Waals surface area (Å²) in [7, 11) is 0. The van der Waals surface area contributed by atoms with Crippen molar-refractivity contribution in [1.29, 1.82) is 0 Å². The van der Waals surface area contributed by atoms with Crippen LogP contribution in [0.1, 0.15) is 41.5 Å². The monoisotopic (exact) mass is 302 g/mol. The lowest BCUT2D eigenvalue weighted by Crippen LogP contribution is -2.57. The van der Waals surface area contributed by atoms with Gasteiger partial charge >= 0.3 is 0 Å². The van der Waals surface area contributed by atoms with Gasteiger partial charge in [-0.25, -0.2) is 0 Å². The molecule has 20 heavy (non-hydrogen) atoms. The quantitative estimate of drug-likeness (QED) is 0.798. The highest BCUT2D eigenvalue weighted by atomic mass is 32.2. The van der Waals surface area contributed by atoms with Crippen LogP contribution in [0.2, 0.25) is 0 Å². The van der Waals surface area contributed by atoms with Crippen molar-refractivity contribution in [3.8, 4) is 0 Å². The van der Waals surface area contributed by atoms with Crippen LogP contribution in [0.5, 0.6) is 0 Å². The van der Waals surface area contributed by atoms with Crippen LogP contribution in [-0.2, 0) is 16.0 Å². The Bertz CT molecular complexity index is 326. The molecule has 118 valence electrons. The summed E-state index contributed by atoms with van der Waals surface area (Å²) in [6, 6.07) is -0.165. The molecule has 1 atom stereocenters. The third-order valence-electron chi connectivity index (χ3n) is 3.37. The molecule has 5 heteroatoms. The van der Waals surface area contributed by atoms with E-state index in [2.05, 4.69) is 31.0 Å². The molecule has 0 aliphatic carbocycles. The van der Waals surface area contributed by atoms with Gasteiger partial charge in [0, 0.05) is 30.6 Å². The van der Waals surface area contributed by atoms with Gasteiger partial charge in [-0.1, -0.05) is 31.9 Å². The zero-order valence-electron chi connectivity index (χ0n) is 13.8. The number of hydrogen-bond donors (Lipinski definition) is 1. The van der Waals surface area contributed by atoms with Crippen LogP contribution in [0.25, 0.3) is 0 Å².